The van der Waals surface area contributed by atoms with Crippen molar-refractivity contribution < 1.29 is 18.3 Å². The first kappa shape index (κ1) is 22.3. The number of aryl methyl sites for hydroxylation is 1. The molecule has 0 spiro atoms. The van der Waals surface area contributed by atoms with Gasteiger partial charge in [0.15, 0.2) is 11.6 Å². The van der Waals surface area contributed by atoms with Crippen LogP contribution in [0.5, 0.6) is 5.75 Å². The van der Waals surface area contributed by atoms with Crippen molar-refractivity contribution in [3.05, 3.63) is 65.2 Å². The minimum Gasteiger partial charge on any atom is -0.494 e. The van der Waals surface area contributed by atoms with Crippen LogP contribution in [0.25, 0.3) is 22.2 Å². The zero-order valence-corrected chi connectivity index (χ0v) is 18.5. The van der Waals surface area contributed by atoms with Crippen LogP contribution in [0.3, 0.4) is 0 Å². The Morgan fingerprint density at radius 2 is 1.85 bits per heavy atom. The summed E-state index contributed by atoms with van der Waals surface area (Å²) in [6, 6.07) is 4.20. The lowest BCUT2D eigenvalue weighted by Crippen LogP contribution is -2.15. The maximum Gasteiger partial charge on any atom is 0.260 e. The lowest BCUT2D eigenvalue weighted by molar-refractivity contribution is 0.102. The number of hydrogen-bond acceptors (Lipinski definition) is 6. The van der Waals surface area contributed by atoms with Crippen molar-refractivity contribution in [3.8, 4) is 16.9 Å². The Balaban J connectivity index is 1.78. The van der Waals surface area contributed by atoms with Crippen molar-refractivity contribution in [1.29, 1.82) is 0 Å². The minimum absolute atomic E-state index is 0.0888. The van der Waals surface area contributed by atoms with Gasteiger partial charge >= 0.3 is 0 Å². The van der Waals surface area contributed by atoms with E-state index in [0.717, 1.165) is 5.69 Å². The number of benzene rings is 2. The molecule has 0 aliphatic carbocycles. The van der Waals surface area contributed by atoms with Gasteiger partial charge in [-0.15, -0.1) is 0 Å². The third kappa shape index (κ3) is 4.24. The van der Waals surface area contributed by atoms with E-state index < -0.39 is 17.5 Å². The molecule has 2 aromatic carbocycles. The molecule has 2 aromatic heterocycles. The van der Waals surface area contributed by atoms with Crippen LogP contribution in [0.4, 0.5) is 14.7 Å². The van der Waals surface area contributed by atoms with Crippen LogP contribution in [-0.2, 0) is 6.54 Å². The summed E-state index contributed by atoms with van der Waals surface area (Å²) in [6.45, 7) is 2.15. The minimum atomic E-state index is -0.853. The number of methoxy groups -OCH3 is 1. The number of carbonyl (C=O) groups excluding carboxylic acids is 1. The van der Waals surface area contributed by atoms with Gasteiger partial charge in [-0.25, -0.2) is 13.8 Å². The largest absolute Gasteiger partial charge is 0.494 e. The zero-order valence-electron chi connectivity index (χ0n) is 18.5. The molecule has 0 bridgehead atoms. The summed E-state index contributed by atoms with van der Waals surface area (Å²) < 4.78 is 35.1. The molecule has 0 saturated carbocycles. The maximum atomic E-state index is 15.1. The van der Waals surface area contributed by atoms with E-state index in [9.17, 15) is 9.18 Å². The van der Waals surface area contributed by atoms with E-state index >= 15 is 4.39 Å². The third-order valence-corrected chi connectivity index (χ3v) is 5.06. The molecule has 0 aliphatic heterocycles. The molecule has 170 valence electrons. The molecule has 0 aliphatic rings. The molecule has 0 saturated heterocycles. The van der Waals surface area contributed by atoms with Crippen molar-refractivity contribution in [2.75, 3.05) is 26.5 Å². The van der Waals surface area contributed by atoms with Gasteiger partial charge in [-0.1, -0.05) is 6.07 Å². The Morgan fingerprint density at radius 3 is 2.55 bits per heavy atom. The van der Waals surface area contributed by atoms with E-state index in [1.165, 1.54) is 44.6 Å². The first-order valence-corrected chi connectivity index (χ1v) is 10.1. The molecule has 4 rings (SSSR count). The van der Waals surface area contributed by atoms with E-state index in [1.54, 1.807) is 6.20 Å². The fourth-order valence-electron chi connectivity index (χ4n) is 3.59. The van der Waals surface area contributed by atoms with Gasteiger partial charge in [-0.3, -0.25) is 20.1 Å². The number of amides is 1. The quantitative estimate of drug-likeness (QED) is 0.460. The number of nitrogens with zero attached hydrogens (tertiary/aromatic N) is 4. The number of imidazole rings is 1. The molecular weight excluding hydrogens is 430 g/mol. The van der Waals surface area contributed by atoms with Crippen molar-refractivity contribution in [3.63, 3.8) is 0 Å². The number of ether oxygens (including phenoxy) is 1. The summed E-state index contributed by atoms with van der Waals surface area (Å²) in [7, 11) is 5.14. The lowest BCUT2D eigenvalue weighted by atomic mass is 9.97. The number of aromatic amines is 1. The van der Waals surface area contributed by atoms with Crippen LogP contribution in [0.15, 0.2) is 36.8 Å². The van der Waals surface area contributed by atoms with E-state index in [-0.39, 0.29) is 45.0 Å². The van der Waals surface area contributed by atoms with Crippen molar-refractivity contribution in [1.82, 2.24) is 24.8 Å². The average Bonchev–Trinajstić information content (AvgIpc) is 3.22. The highest BCUT2D eigenvalue weighted by atomic mass is 19.1. The van der Waals surface area contributed by atoms with Crippen LogP contribution in [0, 0.1) is 18.6 Å². The van der Waals surface area contributed by atoms with Gasteiger partial charge in [-0.2, -0.15) is 0 Å². The van der Waals surface area contributed by atoms with Crippen LogP contribution < -0.4 is 10.1 Å². The Hall–Kier alpha value is -3.92. The number of H-pyrrole nitrogens is 1. The molecule has 0 unspecified atom stereocenters. The predicted octanol–water partition coefficient (Wildman–Crippen LogP) is 3.93. The zero-order chi connectivity index (χ0) is 23.7. The van der Waals surface area contributed by atoms with Crippen LogP contribution in [0.2, 0.25) is 0 Å². The topological polar surface area (TPSA) is 96.0 Å². The third-order valence-electron chi connectivity index (χ3n) is 5.06. The number of nitrogens with one attached hydrogen (secondary N) is 2. The number of anilines is 1. The van der Waals surface area contributed by atoms with Gasteiger partial charge in [0.25, 0.3) is 5.91 Å². The van der Waals surface area contributed by atoms with Gasteiger partial charge < -0.3 is 14.6 Å². The first-order valence-electron chi connectivity index (χ1n) is 10.1. The second-order valence-corrected chi connectivity index (χ2v) is 7.76. The molecule has 1 amide bonds. The number of carbonyl (C=O) groups is 1. The van der Waals surface area contributed by atoms with Gasteiger partial charge in [0.1, 0.15) is 11.3 Å². The summed E-state index contributed by atoms with van der Waals surface area (Å²) in [5, 5.41) is 2.69. The van der Waals surface area contributed by atoms with Gasteiger partial charge in [-0.05, 0) is 38.7 Å². The average molecular weight is 452 g/mol. The standard InChI is InChI=1S/C23H22F2N6O2/c1-12-9-16(33-4)19(25)17(18(12)24)14-5-6-15(21-20(14)26-7-8-27-21)22(32)30-23-28-10-13(29-23)11-31(2)3/h5-10H,11H2,1-4H3,(H2,28,29,30,32). The van der Waals surface area contributed by atoms with E-state index in [1.807, 2.05) is 19.0 Å². The SMILES string of the molecule is COc1cc(C)c(F)c(-c2ccc(C(=O)Nc3ncc(CN(C)C)[nH]3)c3nccnc23)c1F. The molecule has 4 aromatic rings. The smallest absolute Gasteiger partial charge is 0.260 e. The highest BCUT2D eigenvalue weighted by molar-refractivity contribution is 6.13. The van der Waals surface area contributed by atoms with Crippen LogP contribution in [-0.4, -0.2) is 51.9 Å². The maximum absolute atomic E-state index is 15.1. The summed E-state index contributed by atoms with van der Waals surface area (Å²) in [4.78, 5) is 30.7. The second kappa shape index (κ2) is 8.91. The number of aromatic nitrogens is 4. The fraction of sp³-hybridized carbons (Fsp3) is 0.217. The van der Waals surface area contributed by atoms with Crippen molar-refractivity contribution in [2.24, 2.45) is 0 Å². The number of rotatable bonds is 6. The predicted molar refractivity (Wildman–Crippen MR) is 120 cm³/mol. The summed E-state index contributed by atoms with van der Waals surface area (Å²) in [5.74, 6) is -1.89. The highest BCUT2D eigenvalue weighted by Crippen LogP contribution is 2.37. The molecule has 2 N–H and O–H groups in total. The van der Waals surface area contributed by atoms with E-state index in [4.69, 9.17) is 4.74 Å². The van der Waals surface area contributed by atoms with E-state index in [0.29, 0.717) is 6.54 Å². The Bertz CT molecular complexity index is 1350. The second-order valence-electron chi connectivity index (χ2n) is 7.76. The molecule has 0 atom stereocenters. The number of halogens is 2. The normalized spacial score (nSPS) is 11.2. The van der Waals surface area contributed by atoms with Crippen molar-refractivity contribution in [2.45, 2.75) is 13.5 Å². The van der Waals surface area contributed by atoms with Gasteiger partial charge in [0.05, 0.1) is 35.6 Å². The van der Waals surface area contributed by atoms with Crippen LogP contribution >= 0.6 is 0 Å². The lowest BCUT2D eigenvalue weighted by Gasteiger charge is -2.14. The number of hydrogen-bond donors (Lipinski definition) is 2. The molecule has 2 heterocycles. The van der Waals surface area contributed by atoms with Gasteiger partial charge in [0, 0.05) is 24.5 Å². The summed E-state index contributed by atoms with van der Waals surface area (Å²) in [5.41, 5.74) is 1.49. The van der Waals surface area contributed by atoms with Gasteiger partial charge in [0.2, 0.25) is 5.95 Å². The summed E-state index contributed by atoms with van der Waals surface area (Å²) >= 11 is 0. The highest BCUT2D eigenvalue weighted by Gasteiger charge is 2.23. The Kier molecular flexibility index (Phi) is 6.01. The molecule has 10 heteroatoms. The summed E-state index contributed by atoms with van der Waals surface area (Å²) in [6.07, 6.45) is 4.44. The number of fused-ring (bicyclic) bond motifs is 1. The van der Waals surface area contributed by atoms with Crippen LogP contribution in [0.1, 0.15) is 21.6 Å². The fourth-order valence-corrected chi connectivity index (χ4v) is 3.59. The monoisotopic (exact) mass is 452 g/mol. The first-order chi connectivity index (χ1) is 15.8. The Morgan fingerprint density at radius 1 is 1.12 bits per heavy atom. The molecule has 0 radical (unpaired) electrons. The van der Waals surface area contributed by atoms with E-state index in [2.05, 4.69) is 25.3 Å². The molecule has 33 heavy (non-hydrogen) atoms. The molecular formula is C23H22F2N6O2. The molecule has 0 fully saturated rings. The Labute approximate surface area is 188 Å². The molecule has 8 nitrogen and oxygen atoms in total. The van der Waals surface area contributed by atoms with Crippen molar-refractivity contribution >= 4 is 22.9 Å².